The first-order valence-corrected chi connectivity index (χ1v) is 18.9. The van der Waals surface area contributed by atoms with E-state index in [4.69, 9.17) is 9.53 Å². The number of aromatic nitrogens is 2. The number of carbonyl (C=O) groups excluding carboxylic acids is 3. The van der Waals surface area contributed by atoms with Crippen LogP contribution < -0.4 is 20.4 Å². The molecule has 10 nitrogen and oxygen atoms in total. The number of amides is 2. The number of aryl methyl sites for hydroxylation is 2. The molecule has 12 heteroatoms. The summed E-state index contributed by atoms with van der Waals surface area (Å²) in [6.45, 7) is 9.91. The minimum absolute atomic E-state index is 0.00976. The largest absolute Gasteiger partial charge is 0.388 e. The minimum atomic E-state index is -0.544. The van der Waals surface area contributed by atoms with Gasteiger partial charge in [-0.25, -0.2) is 14.4 Å². The lowest BCUT2D eigenvalue weighted by Crippen LogP contribution is -2.58. The number of rotatable bonds is 5. The van der Waals surface area contributed by atoms with Gasteiger partial charge in [0.25, 0.3) is 11.8 Å². The number of nitrogens with zero attached hydrogens (tertiary/aromatic N) is 4. The SMILES string of the molecule is CC=O.CNc1ccc(C(=O)N2CCc3c(sc(C(=O)Nc4cc(C)ccn4)c3F)-c3ccccc32)cc1.Cc1ccc(N2CC3(CCOCC3)C2)nc1. The number of thiophene rings is 1. The van der Waals surface area contributed by atoms with E-state index >= 15 is 4.39 Å². The van der Waals surface area contributed by atoms with Gasteiger partial charge in [-0.3, -0.25) is 9.59 Å². The Kier molecular flexibility index (Phi) is 12.1. The number of carbonyl (C=O) groups is 3. The van der Waals surface area contributed by atoms with Crippen LogP contribution >= 0.6 is 11.3 Å². The number of benzene rings is 2. The maximum atomic E-state index is 15.6. The molecule has 6 heterocycles. The van der Waals surface area contributed by atoms with Gasteiger partial charge in [-0.2, -0.15) is 0 Å². The zero-order valence-corrected chi connectivity index (χ0v) is 31.8. The van der Waals surface area contributed by atoms with Crippen LogP contribution in [-0.2, 0) is 16.0 Å². The van der Waals surface area contributed by atoms with Crippen molar-refractivity contribution in [1.29, 1.82) is 0 Å². The normalized spacial score (nSPS) is 15.1. The number of fused-ring (bicyclic) bond motifs is 3. The molecular weight excluding hydrogens is 704 g/mol. The summed E-state index contributed by atoms with van der Waals surface area (Å²) in [4.78, 5) is 48.5. The number of halogens is 1. The number of anilines is 4. The summed E-state index contributed by atoms with van der Waals surface area (Å²) in [5.41, 5.74) is 6.04. The molecule has 0 bridgehead atoms. The zero-order chi connectivity index (χ0) is 38.2. The highest BCUT2D eigenvalue weighted by atomic mass is 32.1. The van der Waals surface area contributed by atoms with Gasteiger partial charge in [-0.1, -0.05) is 24.3 Å². The quantitative estimate of drug-likeness (QED) is 0.174. The number of para-hydroxylation sites is 1. The number of aldehydes is 1. The lowest BCUT2D eigenvalue weighted by molar-refractivity contribution is -0.106. The van der Waals surface area contributed by atoms with E-state index in [9.17, 15) is 9.59 Å². The molecule has 5 aromatic rings. The van der Waals surface area contributed by atoms with Gasteiger partial charge < -0.3 is 30.0 Å². The van der Waals surface area contributed by atoms with E-state index in [1.807, 2.05) is 62.6 Å². The first kappa shape index (κ1) is 38.3. The van der Waals surface area contributed by atoms with Crippen LogP contribution in [0.5, 0.6) is 0 Å². The summed E-state index contributed by atoms with van der Waals surface area (Å²) in [5.74, 6) is 0.271. The average molecular weight is 749 g/mol. The molecule has 2 amide bonds. The van der Waals surface area contributed by atoms with E-state index in [-0.39, 0.29) is 10.8 Å². The van der Waals surface area contributed by atoms with Crippen molar-refractivity contribution in [3.8, 4) is 10.4 Å². The lowest BCUT2D eigenvalue weighted by Gasteiger charge is -2.52. The van der Waals surface area contributed by atoms with Gasteiger partial charge in [-0.15, -0.1) is 11.3 Å². The first-order chi connectivity index (χ1) is 26.1. The molecule has 8 rings (SSSR count). The monoisotopic (exact) mass is 748 g/mol. The van der Waals surface area contributed by atoms with Crippen molar-refractivity contribution in [2.45, 2.75) is 40.0 Å². The number of pyridine rings is 2. The van der Waals surface area contributed by atoms with Gasteiger partial charge in [0.05, 0.1) is 5.69 Å². The van der Waals surface area contributed by atoms with Crippen molar-refractivity contribution in [1.82, 2.24) is 9.97 Å². The van der Waals surface area contributed by atoms with Crippen molar-refractivity contribution in [2.75, 3.05) is 60.3 Å². The van der Waals surface area contributed by atoms with Crippen LogP contribution in [0.1, 0.15) is 56.5 Å². The number of hydrogen-bond donors (Lipinski definition) is 2. The molecule has 0 radical (unpaired) electrons. The Bertz CT molecular complexity index is 2090. The van der Waals surface area contributed by atoms with E-state index in [0.717, 1.165) is 66.6 Å². The molecule has 0 aliphatic carbocycles. The van der Waals surface area contributed by atoms with Crippen LogP contribution in [0.15, 0.2) is 85.2 Å². The van der Waals surface area contributed by atoms with E-state index in [0.29, 0.717) is 45.9 Å². The fraction of sp³-hybridized carbons (Fsp3) is 0.310. The van der Waals surface area contributed by atoms with E-state index in [1.54, 1.807) is 29.3 Å². The predicted octanol–water partition coefficient (Wildman–Crippen LogP) is 7.97. The number of ether oxygens (including phenoxy) is 1. The standard InChI is InChI=1S/C27H23FN4O2S.C13H18N2O.C2H4O/c1-16-11-13-30-22(15-16)31-26(33)25-23(28)20-12-14-32(21-6-4-3-5-19(21)24(20)35-25)27(34)17-7-9-18(29-2)10-8-17;1-11-2-3-12(14-8-11)15-9-13(10-15)4-6-16-7-5-13;1-2-3/h3-11,13,15,29H,12,14H2,1-2H3,(H,30,31,33);2-3,8H,4-7,9-10H2,1H3;2H,1H3. The van der Waals surface area contributed by atoms with Gasteiger partial charge in [0, 0.05) is 85.0 Å². The van der Waals surface area contributed by atoms with Crippen LogP contribution in [0, 0.1) is 25.1 Å². The number of hydrogen-bond acceptors (Lipinski definition) is 9. The Labute approximate surface area is 319 Å². The van der Waals surface area contributed by atoms with Crippen molar-refractivity contribution in [2.24, 2.45) is 5.41 Å². The number of nitrogens with one attached hydrogen (secondary N) is 2. The third-order valence-corrected chi connectivity index (χ3v) is 11.1. The second-order valence-corrected chi connectivity index (χ2v) is 14.7. The van der Waals surface area contributed by atoms with Crippen molar-refractivity contribution in [3.05, 3.63) is 118 Å². The smallest absolute Gasteiger partial charge is 0.269 e. The van der Waals surface area contributed by atoms with Crippen LogP contribution in [0.25, 0.3) is 10.4 Å². The Balaban J connectivity index is 0.000000216. The van der Waals surface area contributed by atoms with Crippen LogP contribution in [0.4, 0.5) is 27.4 Å². The average Bonchev–Trinajstić information content (AvgIpc) is 3.41. The highest BCUT2D eigenvalue weighted by Crippen LogP contribution is 2.44. The maximum Gasteiger partial charge on any atom is 0.269 e. The molecule has 3 aliphatic rings. The zero-order valence-electron chi connectivity index (χ0n) is 31.0. The van der Waals surface area contributed by atoms with Crippen LogP contribution in [0.2, 0.25) is 0 Å². The summed E-state index contributed by atoms with van der Waals surface area (Å²) in [5, 5.41) is 5.74. The van der Waals surface area contributed by atoms with E-state index < -0.39 is 11.7 Å². The molecule has 54 heavy (non-hydrogen) atoms. The van der Waals surface area contributed by atoms with E-state index in [2.05, 4.69) is 44.6 Å². The Morgan fingerprint density at radius 3 is 2.35 bits per heavy atom. The Morgan fingerprint density at radius 2 is 1.69 bits per heavy atom. The molecule has 280 valence electrons. The Hall–Kier alpha value is -5.46. The summed E-state index contributed by atoms with van der Waals surface area (Å²) >= 11 is 1.10. The summed E-state index contributed by atoms with van der Waals surface area (Å²) in [6, 6.07) is 22.5. The summed E-state index contributed by atoms with van der Waals surface area (Å²) < 4.78 is 21.0. The van der Waals surface area contributed by atoms with Gasteiger partial charge >= 0.3 is 0 Å². The van der Waals surface area contributed by atoms with Gasteiger partial charge in [0.1, 0.15) is 22.8 Å². The first-order valence-electron chi connectivity index (χ1n) is 18.0. The molecule has 2 N–H and O–H groups in total. The van der Waals surface area contributed by atoms with Gasteiger partial charge in [0.15, 0.2) is 5.82 Å². The molecule has 2 aromatic carbocycles. The fourth-order valence-corrected chi connectivity index (χ4v) is 8.05. The summed E-state index contributed by atoms with van der Waals surface area (Å²) in [7, 11) is 1.82. The molecule has 2 fully saturated rings. The molecule has 3 aliphatic heterocycles. The molecular formula is C42H45FN6O4S. The second-order valence-electron chi connectivity index (χ2n) is 13.7. The second kappa shape index (κ2) is 17.1. The van der Waals surface area contributed by atoms with Crippen molar-refractivity contribution < 1.29 is 23.5 Å². The fourth-order valence-electron chi connectivity index (χ4n) is 6.89. The van der Waals surface area contributed by atoms with Crippen LogP contribution in [0.3, 0.4) is 0 Å². The van der Waals surface area contributed by atoms with Crippen molar-refractivity contribution >= 4 is 52.4 Å². The highest BCUT2D eigenvalue weighted by molar-refractivity contribution is 7.17. The Morgan fingerprint density at radius 1 is 0.963 bits per heavy atom. The molecule has 3 aromatic heterocycles. The maximum absolute atomic E-state index is 15.6. The van der Waals surface area contributed by atoms with Crippen LogP contribution in [-0.4, -0.2) is 68.0 Å². The highest BCUT2D eigenvalue weighted by Gasteiger charge is 2.44. The molecule has 1 spiro atoms. The molecule has 2 saturated heterocycles. The third-order valence-electron chi connectivity index (χ3n) is 9.82. The third kappa shape index (κ3) is 8.50. The van der Waals surface area contributed by atoms with E-state index in [1.165, 1.54) is 25.3 Å². The summed E-state index contributed by atoms with van der Waals surface area (Å²) in [6.07, 6.45) is 7.02. The molecule has 0 atom stereocenters. The van der Waals surface area contributed by atoms with Crippen molar-refractivity contribution in [3.63, 3.8) is 0 Å². The lowest BCUT2D eigenvalue weighted by atomic mass is 9.73. The minimum Gasteiger partial charge on any atom is -0.388 e. The van der Waals surface area contributed by atoms with Gasteiger partial charge in [0.2, 0.25) is 0 Å². The van der Waals surface area contributed by atoms with Gasteiger partial charge in [-0.05, 0) is 99.7 Å². The molecule has 0 unspecified atom stereocenters. The molecule has 0 saturated carbocycles. The topological polar surface area (TPSA) is 117 Å². The predicted molar refractivity (Wildman–Crippen MR) is 213 cm³/mol.